The van der Waals surface area contributed by atoms with Gasteiger partial charge in [0.15, 0.2) is 0 Å². The molecule has 0 aromatic heterocycles. The van der Waals surface area contributed by atoms with E-state index in [4.69, 9.17) is 0 Å². The van der Waals surface area contributed by atoms with E-state index in [-0.39, 0.29) is 0 Å². The van der Waals surface area contributed by atoms with Crippen LogP contribution in [0, 0.1) is 17.8 Å². The van der Waals surface area contributed by atoms with Crippen molar-refractivity contribution in [3.63, 3.8) is 0 Å². The van der Waals surface area contributed by atoms with Crippen molar-refractivity contribution in [1.29, 1.82) is 0 Å². The van der Waals surface area contributed by atoms with Gasteiger partial charge in [0.25, 0.3) is 0 Å². The van der Waals surface area contributed by atoms with E-state index in [2.05, 4.69) is 29.0 Å². The number of hydrogen-bond donors (Lipinski definition) is 0. The molecule has 1 aliphatic heterocycles. The molecule has 2 aliphatic carbocycles. The van der Waals surface area contributed by atoms with Crippen molar-refractivity contribution < 1.29 is 0 Å². The first kappa shape index (κ1) is 10.8. The molecular formula is C14H24N2. The number of hydrogen-bond acceptors (Lipinski definition) is 2. The Bertz CT molecular complexity index is 274. The molecule has 2 nitrogen and oxygen atoms in total. The molecular weight excluding hydrogens is 196 g/mol. The van der Waals surface area contributed by atoms with Gasteiger partial charge in [-0.15, -0.1) is 0 Å². The van der Waals surface area contributed by atoms with Crippen molar-refractivity contribution >= 4 is 0 Å². The van der Waals surface area contributed by atoms with Crippen LogP contribution in [0.2, 0.25) is 0 Å². The largest absolute Gasteiger partial charge is 0.305 e. The van der Waals surface area contributed by atoms with Crippen LogP contribution in [0.1, 0.15) is 19.3 Å². The molecule has 2 bridgehead atoms. The standard InChI is InChI=1S/C14H24N2/c1-15-5-2-6-16(8-7-15)11-14-10-12-3-4-13(14)9-12/h3-4,12-14H,2,5-11H2,1H3/t12-,13-,14-/m0/s1. The number of rotatable bonds is 2. The summed E-state index contributed by atoms with van der Waals surface area (Å²) in [7, 11) is 2.25. The van der Waals surface area contributed by atoms with Crippen molar-refractivity contribution in [1.82, 2.24) is 9.80 Å². The van der Waals surface area contributed by atoms with E-state index in [0.717, 1.165) is 17.8 Å². The summed E-state index contributed by atoms with van der Waals surface area (Å²) in [6.07, 6.45) is 9.22. The second kappa shape index (κ2) is 4.50. The third-order valence-electron chi connectivity index (χ3n) is 4.72. The summed E-state index contributed by atoms with van der Waals surface area (Å²) in [5, 5.41) is 0. The van der Waals surface area contributed by atoms with Gasteiger partial charge in [0.2, 0.25) is 0 Å². The number of allylic oxidation sites excluding steroid dienone is 2. The van der Waals surface area contributed by atoms with Gasteiger partial charge in [0.1, 0.15) is 0 Å². The van der Waals surface area contributed by atoms with Gasteiger partial charge in [-0.25, -0.2) is 0 Å². The third-order valence-corrected chi connectivity index (χ3v) is 4.72. The van der Waals surface area contributed by atoms with Crippen molar-refractivity contribution in [3.05, 3.63) is 12.2 Å². The second-order valence-electron chi connectivity index (χ2n) is 6.00. The summed E-state index contributed by atoms with van der Waals surface area (Å²) in [6, 6.07) is 0. The van der Waals surface area contributed by atoms with Crippen molar-refractivity contribution in [2.24, 2.45) is 17.8 Å². The quantitative estimate of drug-likeness (QED) is 0.655. The molecule has 0 unspecified atom stereocenters. The molecule has 2 heteroatoms. The molecule has 1 heterocycles. The molecule has 0 N–H and O–H groups in total. The lowest BCUT2D eigenvalue weighted by Crippen LogP contribution is -2.34. The van der Waals surface area contributed by atoms with Gasteiger partial charge in [-0.05, 0) is 57.2 Å². The molecule has 0 aromatic rings. The van der Waals surface area contributed by atoms with Crippen molar-refractivity contribution in [2.45, 2.75) is 19.3 Å². The van der Waals surface area contributed by atoms with E-state index in [1.54, 1.807) is 0 Å². The van der Waals surface area contributed by atoms with Crippen LogP contribution >= 0.6 is 0 Å². The first-order valence-electron chi connectivity index (χ1n) is 6.90. The maximum atomic E-state index is 2.71. The normalized spacial score (nSPS) is 40.4. The maximum absolute atomic E-state index is 2.71. The molecule has 16 heavy (non-hydrogen) atoms. The van der Waals surface area contributed by atoms with E-state index >= 15 is 0 Å². The van der Waals surface area contributed by atoms with Gasteiger partial charge in [-0.1, -0.05) is 12.2 Å². The Labute approximate surface area is 99.3 Å². The van der Waals surface area contributed by atoms with E-state index < -0.39 is 0 Å². The number of fused-ring (bicyclic) bond motifs is 2. The van der Waals surface area contributed by atoms with Crippen LogP contribution in [0.4, 0.5) is 0 Å². The Morgan fingerprint density at radius 1 is 1.06 bits per heavy atom. The zero-order chi connectivity index (χ0) is 11.0. The SMILES string of the molecule is CN1CCCN(C[C@@H]2C[C@H]3C=C[C@H]2C3)CC1. The summed E-state index contributed by atoms with van der Waals surface area (Å²) in [5.41, 5.74) is 0. The Morgan fingerprint density at radius 2 is 2.00 bits per heavy atom. The predicted molar refractivity (Wildman–Crippen MR) is 67.4 cm³/mol. The van der Waals surface area contributed by atoms with E-state index in [1.165, 1.54) is 52.0 Å². The molecule has 0 spiro atoms. The van der Waals surface area contributed by atoms with Crippen LogP contribution in [0.15, 0.2) is 12.2 Å². The summed E-state index contributed by atoms with van der Waals surface area (Å²) in [6.45, 7) is 6.51. The van der Waals surface area contributed by atoms with Crippen LogP contribution in [0.5, 0.6) is 0 Å². The van der Waals surface area contributed by atoms with E-state index in [0.29, 0.717) is 0 Å². The smallest absolute Gasteiger partial charge is 0.0109 e. The fraction of sp³-hybridized carbons (Fsp3) is 0.857. The van der Waals surface area contributed by atoms with Crippen LogP contribution < -0.4 is 0 Å². The van der Waals surface area contributed by atoms with Crippen LogP contribution in [-0.2, 0) is 0 Å². The highest BCUT2D eigenvalue weighted by molar-refractivity contribution is 5.10. The van der Waals surface area contributed by atoms with Crippen LogP contribution in [0.25, 0.3) is 0 Å². The van der Waals surface area contributed by atoms with Crippen LogP contribution in [0.3, 0.4) is 0 Å². The molecule has 2 fully saturated rings. The zero-order valence-corrected chi connectivity index (χ0v) is 10.4. The average molecular weight is 220 g/mol. The Hall–Kier alpha value is -0.340. The third kappa shape index (κ3) is 2.18. The first-order chi connectivity index (χ1) is 7.81. The molecule has 1 saturated heterocycles. The van der Waals surface area contributed by atoms with Gasteiger partial charge in [-0.3, -0.25) is 0 Å². The van der Waals surface area contributed by atoms with E-state index in [1.807, 2.05) is 0 Å². The van der Waals surface area contributed by atoms with Crippen LogP contribution in [-0.4, -0.2) is 49.6 Å². The van der Waals surface area contributed by atoms with Gasteiger partial charge >= 0.3 is 0 Å². The lowest BCUT2D eigenvalue weighted by Gasteiger charge is -2.27. The molecule has 1 saturated carbocycles. The van der Waals surface area contributed by atoms with Gasteiger partial charge < -0.3 is 9.80 Å². The van der Waals surface area contributed by atoms with Gasteiger partial charge in [-0.2, -0.15) is 0 Å². The molecule has 0 amide bonds. The minimum atomic E-state index is 0.922. The highest BCUT2D eigenvalue weighted by Crippen LogP contribution is 2.43. The van der Waals surface area contributed by atoms with Crippen molar-refractivity contribution in [2.75, 3.05) is 39.8 Å². The molecule has 3 atom stereocenters. The lowest BCUT2D eigenvalue weighted by atomic mass is 9.93. The minimum absolute atomic E-state index is 0.922. The topological polar surface area (TPSA) is 6.48 Å². The first-order valence-corrected chi connectivity index (χ1v) is 6.90. The molecule has 3 rings (SSSR count). The molecule has 3 aliphatic rings. The van der Waals surface area contributed by atoms with E-state index in [9.17, 15) is 0 Å². The molecule has 90 valence electrons. The summed E-state index contributed by atoms with van der Waals surface area (Å²) in [5.74, 6) is 2.83. The van der Waals surface area contributed by atoms with Gasteiger partial charge in [0, 0.05) is 19.6 Å². The summed E-state index contributed by atoms with van der Waals surface area (Å²) >= 11 is 0. The average Bonchev–Trinajstić information content (AvgIpc) is 2.81. The number of likely N-dealkylation sites (N-methyl/N-ethyl adjacent to an activating group) is 1. The molecule has 0 radical (unpaired) electrons. The van der Waals surface area contributed by atoms with Gasteiger partial charge in [0.05, 0.1) is 0 Å². The van der Waals surface area contributed by atoms with Crippen molar-refractivity contribution in [3.8, 4) is 0 Å². The summed E-state index contributed by atoms with van der Waals surface area (Å²) in [4.78, 5) is 5.18. The fourth-order valence-corrected chi connectivity index (χ4v) is 3.72. The Kier molecular flexibility index (Phi) is 3.03. The predicted octanol–water partition coefficient (Wildman–Crippen LogP) is 1.84. The monoisotopic (exact) mass is 220 g/mol. The maximum Gasteiger partial charge on any atom is 0.0109 e. The fourth-order valence-electron chi connectivity index (χ4n) is 3.72. The summed E-state index contributed by atoms with van der Waals surface area (Å²) < 4.78 is 0. The lowest BCUT2D eigenvalue weighted by molar-refractivity contribution is 0.219. The second-order valence-corrected chi connectivity index (χ2v) is 6.00. The highest BCUT2D eigenvalue weighted by atomic mass is 15.2. The molecule has 0 aromatic carbocycles. The Balaban J connectivity index is 1.53. The minimum Gasteiger partial charge on any atom is -0.305 e. The Morgan fingerprint density at radius 3 is 2.75 bits per heavy atom. The zero-order valence-electron chi connectivity index (χ0n) is 10.4. The highest BCUT2D eigenvalue weighted by Gasteiger charge is 2.36. The number of nitrogens with zero attached hydrogens (tertiary/aromatic N) is 2.